The number of furan rings is 2. The van der Waals surface area contributed by atoms with Gasteiger partial charge < -0.3 is 8.83 Å². The summed E-state index contributed by atoms with van der Waals surface area (Å²) >= 11 is 3.32. The molecule has 0 bridgehead atoms. The maximum absolute atomic E-state index is 13.2. The van der Waals surface area contributed by atoms with E-state index in [1.54, 1.807) is 30.6 Å². The maximum Gasteiger partial charge on any atom is 0.265 e. The van der Waals surface area contributed by atoms with Gasteiger partial charge in [0, 0.05) is 29.6 Å². The second-order valence-electron chi connectivity index (χ2n) is 6.39. The topological polar surface area (TPSA) is 66.9 Å². The molecule has 6 heterocycles. The van der Waals surface area contributed by atoms with Crippen molar-refractivity contribution in [1.82, 2.24) is 9.80 Å². The van der Waals surface area contributed by atoms with E-state index in [2.05, 4.69) is 15.9 Å². The Bertz CT molecular complexity index is 1110. The summed E-state index contributed by atoms with van der Waals surface area (Å²) in [4.78, 5) is 29.3. The molecule has 0 atom stereocenters. The molecule has 0 saturated heterocycles. The Kier molecular flexibility index (Phi) is 2.38. The Morgan fingerprint density at radius 2 is 1.38 bits per heavy atom. The first-order valence-electron chi connectivity index (χ1n) is 7.97. The van der Waals surface area contributed by atoms with Crippen molar-refractivity contribution in [3.63, 3.8) is 0 Å². The Morgan fingerprint density at radius 3 is 2.00 bits per heavy atom. The lowest BCUT2D eigenvalue weighted by Gasteiger charge is -2.23. The van der Waals surface area contributed by atoms with Crippen molar-refractivity contribution in [2.24, 2.45) is 0 Å². The number of hydrogen-bond acceptors (Lipinski definition) is 4. The summed E-state index contributed by atoms with van der Waals surface area (Å²) in [7, 11) is 0. The van der Waals surface area contributed by atoms with Crippen LogP contribution < -0.4 is 0 Å². The van der Waals surface area contributed by atoms with Crippen molar-refractivity contribution in [2.75, 3.05) is 0 Å². The highest BCUT2D eigenvalue weighted by molar-refractivity contribution is 9.10. The zero-order valence-corrected chi connectivity index (χ0v) is 15.0. The molecule has 6 rings (SSSR count). The third-order valence-corrected chi connectivity index (χ3v) is 5.34. The summed E-state index contributed by atoms with van der Waals surface area (Å²) in [5.41, 5.74) is 3.45. The van der Waals surface area contributed by atoms with E-state index < -0.39 is 0 Å². The molecule has 126 valence electrons. The fourth-order valence-corrected chi connectivity index (χ4v) is 4.36. The number of nitrogens with zero attached hydrogens (tertiary/aromatic N) is 2. The molecule has 4 aliphatic heterocycles. The molecular formula is C19H9BrN2O4. The Balaban J connectivity index is 1.71. The highest BCUT2D eigenvalue weighted by atomic mass is 79.9. The van der Waals surface area contributed by atoms with Gasteiger partial charge in [-0.2, -0.15) is 0 Å². The van der Waals surface area contributed by atoms with E-state index in [9.17, 15) is 9.59 Å². The molecule has 0 unspecified atom stereocenters. The van der Waals surface area contributed by atoms with Crippen LogP contribution in [0.25, 0.3) is 23.5 Å². The lowest BCUT2D eigenvalue weighted by atomic mass is 10.0. The summed E-state index contributed by atoms with van der Waals surface area (Å²) in [6.45, 7) is 1.84. The zero-order chi connectivity index (χ0) is 17.7. The summed E-state index contributed by atoms with van der Waals surface area (Å²) in [6, 6.07) is 3.64. The summed E-state index contributed by atoms with van der Waals surface area (Å²) in [5, 5.41) is 0. The van der Waals surface area contributed by atoms with Crippen molar-refractivity contribution >= 4 is 51.3 Å². The number of halogens is 1. The predicted octanol–water partition coefficient (Wildman–Crippen LogP) is 3.72. The Hall–Kier alpha value is -3.06. The van der Waals surface area contributed by atoms with E-state index in [-0.39, 0.29) is 11.8 Å². The molecule has 2 amide bonds. The fourth-order valence-electron chi connectivity index (χ4n) is 3.96. The first-order valence-corrected chi connectivity index (χ1v) is 8.77. The molecule has 7 heteroatoms. The van der Waals surface area contributed by atoms with Gasteiger partial charge in [-0.25, -0.2) is 0 Å². The minimum absolute atomic E-state index is 0.222. The number of amides is 2. The van der Waals surface area contributed by atoms with E-state index in [4.69, 9.17) is 8.83 Å². The molecule has 0 fully saturated rings. The van der Waals surface area contributed by atoms with Gasteiger partial charge in [-0.15, -0.1) is 0 Å². The quantitative estimate of drug-likeness (QED) is 0.666. The van der Waals surface area contributed by atoms with E-state index in [0.29, 0.717) is 38.7 Å². The van der Waals surface area contributed by atoms with Gasteiger partial charge in [-0.3, -0.25) is 19.4 Å². The van der Waals surface area contributed by atoms with E-state index in [1.165, 1.54) is 9.80 Å². The molecule has 0 spiro atoms. The number of carbonyl (C=O) groups excluding carboxylic acids is 2. The van der Waals surface area contributed by atoms with E-state index in [1.807, 2.05) is 13.0 Å². The van der Waals surface area contributed by atoms with Crippen LogP contribution in [0.15, 0.2) is 49.2 Å². The molecule has 6 nitrogen and oxygen atoms in total. The van der Waals surface area contributed by atoms with Gasteiger partial charge >= 0.3 is 0 Å². The van der Waals surface area contributed by atoms with Crippen molar-refractivity contribution in [3.8, 4) is 0 Å². The van der Waals surface area contributed by atoms with Gasteiger partial charge in [0.2, 0.25) is 0 Å². The molecule has 0 aromatic carbocycles. The summed E-state index contributed by atoms with van der Waals surface area (Å²) in [6.07, 6.45) is 6.78. The Morgan fingerprint density at radius 1 is 0.846 bits per heavy atom. The van der Waals surface area contributed by atoms with Crippen LogP contribution in [0, 0.1) is 6.92 Å². The SMILES string of the molecule is Cc1cc2c(o1)C=CN1C(=O)C3=C4c5cc(Br)oc5C=CN4C(=O)C3=C21. The largest absolute Gasteiger partial charge is 0.461 e. The second-order valence-corrected chi connectivity index (χ2v) is 7.17. The third kappa shape index (κ3) is 1.48. The molecule has 26 heavy (non-hydrogen) atoms. The van der Waals surface area contributed by atoms with Crippen LogP contribution in [0.5, 0.6) is 0 Å². The molecule has 4 aliphatic rings. The highest BCUT2D eigenvalue weighted by Gasteiger charge is 2.50. The van der Waals surface area contributed by atoms with Gasteiger partial charge in [0.1, 0.15) is 17.3 Å². The minimum Gasteiger partial charge on any atom is -0.461 e. The number of hydrogen-bond donors (Lipinski definition) is 0. The second kappa shape index (κ2) is 4.37. The van der Waals surface area contributed by atoms with Crippen LogP contribution in [-0.2, 0) is 9.59 Å². The number of fused-ring (bicyclic) bond motifs is 7. The van der Waals surface area contributed by atoms with Crippen LogP contribution in [0.4, 0.5) is 0 Å². The molecule has 0 saturated carbocycles. The zero-order valence-electron chi connectivity index (χ0n) is 13.4. The van der Waals surface area contributed by atoms with Crippen molar-refractivity contribution in [1.29, 1.82) is 0 Å². The van der Waals surface area contributed by atoms with Crippen LogP contribution in [0.2, 0.25) is 0 Å². The smallest absolute Gasteiger partial charge is 0.265 e. The summed E-state index contributed by atoms with van der Waals surface area (Å²) in [5.74, 6) is 1.55. The lowest BCUT2D eigenvalue weighted by Crippen LogP contribution is -2.26. The van der Waals surface area contributed by atoms with Crippen LogP contribution in [-0.4, -0.2) is 21.6 Å². The van der Waals surface area contributed by atoms with Crippen LogP contribution in [0.3, 0.4) is 0 Å². The standard InChI is InChI=1S/C19H9BrN2O4/c1-8-6-9-11(25-8)2-4-21-16(9)14-15(19(21)24)17-10-7-13(20)26-12(10)3-5-22(17)18(14)23/h2-7H,1H3. The number of rotatable bonds is 0. The van der Waals surface area contributed by atoms with Gasteiger partial charge in [-0.05, 0) is 41.1 Å². The fraction of sp³-hybridized carbons (Fsp3) is 0.0526. The molecular weight excluding hydrogens is 400 g/mol. The third-order valence-electron chi connectivity index (χ3n) is 4.95. The summed E-state index contributed by atoms with van der Waals surface area (Å²) < 4.78 is 11.8. The monoisotopic (exact) mass is 408 g/mol. The molecule has 2 aromatic heterocycles. The normalized spacial score (nSPS) is 19.3. The van der Waals surface area contributed by atoms with Crippen molar-refractivity contribution in [2.45, 2.75) is 6.92 Å². The first kappa shape index (κ1) is 14.1. The van der Waals surface area contributed by atoms with Gasteiger partial charge in [0.25, 0.3) is 11.8 Å². The van der Waals surface area contributed by atoms with Gasteiger partial charge in [0.05, 0.1) is 22.5 Å². The van der Waals surface area contributed by atoms with Crippen LogP contribution in [0.1, 0.15) is 28.4 Å². The first-order chi connectivity index (χ1) is 12.5. The molecule has 2 aromatic rings. The average molecular weight is 409 g/mol. The minimum atomic E-state index is -0.222. The number of aryl methyl sites for hydroxylation is 1. The highest BCUT2D eigenvalue weighted by Crippen LogP contribution is 2.51. The lowest BCUT2D eigenvalue weighted by molar-refractivity contribution is -0.122. The van der Waals surface area contributed by atoms with Gasteiger partial charge in [0.15, 0.2) is 4.67 Å². The predicted molar refractivity (Wildman–Crippen MR) is 95.5 cm³/mol. The van der Waals surface area contributed by atoms with Crippen molar-refractivity contribution < 1.29 is 18.4 Å². The van der Waals surface area contributed by atoms with E-state index in [0.717, 1.165) is 16.9 Å². The maximum atomic E-state index is 13.2. The molecule has 0 N–H and O–H groups in total. The van der Waals surface area contributed by atoms with Gasteiger partial charge in [-0.1, -0.05) is 0 Å². The van der Waals surface area contributed by atoms with E-state index >= 15 is 0 Å². The van der Waals surface area contributed by atoms with Crippen LogP contribution >= 0.6 is 15.9 Å². The number of carbonyl (C=O) groups is 2. The van der Waals surface area contributed by atoms with Crippen molar-refractivity contribution in [3.05, 3.63) is 68.8 Å². The Labute approximate surface area is 155 Å². The average Bonchev–Trinajstić information content (AvgIpc) is 3.30. The molecule has 0 aliphatic carbocycles. The molecule has 0 radical (unpaired) electrons.